The zero-order valence-electron chi connectivity index (χ0n) is 20.0. The Morgan fingerprint density at radius 2 is 1.80 bits per heavy atom. The van der Waals surface area contributed by atoms with Gasteiger partial charge in [0.1, 0.15) is 23.9 Å². The second-order valence-electron chi connectivity index (χ2n) is 8.23. The maximum atomic E-state index is 13.0. The third kappa shape index (κ3) is 6.36. The molecule has 3 aromatic rings. The Morgan fingerprint density at radius 1 is 1.06 bits per heavy atom. The van der Waals surface area contributed by atoms with E-state index in [1.54, 1.807) is 47.8 Å². The first kappa shape index (κ1) is 24.7. The van der Waals surface area contributed by atoms with Crippen LogP contribution in [0.5, 0.6) is 11.5 Å². The molecule has 0 fully saturated rings. The number of hydrogen-bond acceptors (Lipinski definition) is 6. The van der Waals surface area contributed by atoms with Crippen molar-refractivity contribution in [1.29, 1.82) is 0 Å². The van der Waals surface area contributed by atoms with Crippen molar-refractivity contribution in [2.24, 2.45) is 0 Å². The Bertz CT molecular complexity index is 1160. The molecule has 8 nitrogen and oxygen atoms in total. The van der Waals surface area contributed by atoms with Gasteiger partial charge in [0.15, 0.2) is 0 Å². The molecule has 0 saturated heterocycles. The van der Waals surface area contributed by atoms with Gasteiger partial charge in [0.25, 0.3) is 5.91 Å². The highest BCUT2D eigenvalue weighted by molar-refractivity contribution is 7.98. The number of rotatable bonds is 11. The number of aromatic nitrogens is 2. The number of hydrogen-bond donors (Lipinski definition) is 2. The first-order valence-corrected chi connectivity index (χ1v) is 12.8. The number of anilines is 1. The first-order valence-electron chi connectivity index (χ1n) is 11.7. The standard InChI is InChI=1S/C26H30N4O4S/c1-3-4-13-34-21-11-7-19(8-12-21)26(32)28-25-22-16-35-17-23(22)29-30(25)15-24(31)27-14-18-5-9-20(33-2)10-6-18/h5-12H,3-4,13-17H2,1-2H3,(H,27,31)(H,28,32). The van der Waals surface area contributed by atoms with Crippen LogP contribution in [-0.2, 0) is 29.4 Å². The van der Waals surface area contributed by atoms with E-state index in [0.717, 1.165) is 52.7 Å². The summed E-state index contributed by atoms with van der Waals surface area (Å²) < 4.78 is 12.4. The lowest BCUT2D eigenvalue weighted by molar-refractivity contribution is -0.122. The van der Waals surface area contributed by atoms with Crippen molar-refractivity contribution in [3.63, 3.8) is 0 Å². The minimum Gasteiger partial charge on any atom is -0.497 e. The van der Waals surface area contributed by atoms with E-state index in [-0.39, 0.29) is 18.4 Å². The predicted octanol–water partition coefficient (Wildman–Crippen LogP) is 4.39. The number of carbonyl (C=O) groups excluding carboxylic acids is 2. The van der Waals surface area contributed by atoms with E-state index in [0.29, 0.717) is 24.5 Å². The average molecular weight is 495 g/mol. The molecule has 2 N–H and O–H groups in total. The molecule has 35 heavy (non-hydrogen) atoms. The SMILES string of the molecule is CCCCOc1ccc(C(=O)Nc2c3c(nn2CC(=O)NCc2ccc(OC)cc2)CSC3)cc1. The fourth-order valence-electron chi connectivity index (χ4n) is 3.67. The van der Waals surface area contributed by atoms with Gasteiger partial charge in [-0.25, -0.2) is 4.68 Å². The molecule has 4 rings (SSSR count). The molecule has 0 unspecified atom stereocenters. The Labute approximate surface area is 209 Å². The molecule has 184 valence electrons. The van der Waals surface area contributed by atoms with Gasteiger partial charge in [-0.3, -0.25) is 9.59 Å². The number of fused-ring (bicyclic) bond motifs is 1. The maximum absolute atomic E-state index is 13.0. The highest BCUT2D eigenvalue weighted by atomic mass is 32.2. The molecule has 1 aliphatic rings. The second kappa shape index (κ2) is 11.8. The van der Waals surface area contributed by atoms with Crippen LogP contribution < -0.4 is 20.1 Å². The average Bonchev–Trinajstić information content (AvgIpc) is 3.46. The van der Waals surface area contributed by atoms with Gasteiger partial charge in [0, 0.05) is 29.2 Å². The third-order valence-electron chi connectivity index (χ3n) is 5.68. The number of carbonyl (C=O) groups is 2. The predicted molar refractivity (Wildman–Crippen MR) is 137 cm³/mol. The van der Waals surface area contributed by atoms with E-state index in [1.165, 1.54) is 0 Å². The summed E-state index contributed by atoms with van der Waals surface area (Å²) in [7, 11) is 1.62. The Morgan fingerprint density at radius 3 is 2.51 bits per heavy atom. The van der Waals surface area contributed by atoms with E-state index in [9.17, 15) is 9.59 Å². The number of nitrogens with one attached hydrogen (secondary N) is 2. The van der Waals surface area contributed by atoms with Gasteiger partial charge in [-0.15, -0.1) is 0 Å². The van der Waals surface area contributed by atoms with Gasteiger partial charge in [0.05, 0.1) is 19.4 Å². The lowest BCUT2D eigenvalue weighted by Crippen LogP contribution is -2.28. The van der Waals surface area contributed by atoms with E-state index < -0.39 is 0 Å². The monoisotopic (exact) mass is 494 g/mol. The molecule has 9 heteroatoms. The number of nitrogens with zero attached hydrogens (tertiary/aromatic N) is 2. The highest BCUT2D eigenvalue weighted by Gasteiger charge is 2.25. The number of unbranched alkanes of at least 4 members (excludes halogenated alkanes) is 1. The zero-order chi connectivity index (χ0) is 24.6. The Hall–Kier alpha value is -3.46. The lowest BCUT2D eigenvalue weighted by Gasteiger charge is -2.12. The van der Waals surface area contributed by atoms with E-state index in [4.69, 9.17) is 9.47 Å². The molecule has 1 aromatic heterocycles. The largest absolute Gasteiger partial charge is 0.497 e. The van der Waals surface area contributed by atoms with Crippen LogP contribution in [0.25, 0.3) is 0 Å². The van der Waals surface area contributed by atoms with E-state index in [1.807, 2.05) is 24.3 Å². The highest BCUT2D eigenvalue weighted by Crippen LogP contribution is 2.35. The van der Waals surface area contributed by atoms with Crippen molar-refractivity contribution < 1.29 is 19.1 Å². The molecular weight excluding hydrogens is 464 g/mol. The van der Waals surface area contributed by atoms with Crippen LogP contribution in [0.2, 0.25) is 0 Å². The summed E-state index contributed by atoms with van der Waals surface area (Å²) in [5.74, 6) is 3.18. The molecule has 0 atom stereocenters. The third-order valence-corrected chi connectivity index (χ3v) is 6.65. The molecule has 1 aliphatic heterocycles. The minimum atomic E-state index is -0.246. The summed E-state index contributed by atoms with van der Waals surface area (Å²) in [6.07, 6.45) is 2.05. The van der Waals surface area contributed by atoms with Crippen LogP contribution in [0.4, 0.5) is 5.82 Å². The summed E-state index contributed by atoms with van der Waals surface area (Å²) in [5.41, 5.74) is 3.37. The molecule has 0 saturated carbocycles. The zero-order valence-corrected chi connectivity index (χ0v) is 20.8. The van der Waals surface area contributed by atoms with Gasteiger partial charge in [-0.05, 0) is 48.4 Å². The summed E-state index contributed by atoms with van der Waals surface area (Å²) in [6, 6.07) is 14.6. The molecular formula is C26H30N4O4S. The lowest BCUT2D eigenvalue weighted by atomic mass is 10.2. The van der Waals surface area contributed by atoms with Crippen molar-refractivity contribution in [3.8, 4) is 11.5 Å². The van der Waals surface area contributed by atoms with Crippen molar-refractivity contribution in [3.05, 3.63) is 70.9 Å². The van der Waals surface area contributed by atoms with Gasteiger partial charge in [-0.1, -0.05) is 25.5 Å². The van der Waals surface area contributed by atoms with Crippen molar-refractivity contribution in [2.45, 2.75) is 44.4 Å². The summed E-state index contributed by atoms with van der Waals surface area (Å²) in [5, 5.41) is 10.5. The van der Waals surface area contributed by atoms with Gasteiger partial charge in [-0.2, -0.15) is 16.9 Å². The number of methoxy groups -OCH3 is 1. The number of amides is 2. The molecule has 2 heterocycles. The molecule has 0 aliphatic carbocycles. The molecule has 2 amide bonds. The van der Waals surface area contributed by atoms with Gasteiger partial charge < -0.3 is 20.1 Å². The van der Waals surface area contributed by atoms with Crippen LogP contribution in [0.3, 0.4) is 0 Å². The normalized spacial score (nSPS) is 12.2. The van der Waals surface area contributed by atoms with Crippen LogP contribution in [-0.4, -0.2) is 35.3 Å². The topological polar surface area (TPSA) is 94.5 Å². The Balaban J connectivity index is 1.40. The van der Waals surface area contributed by atoms with E-state index >= 15 is 0 Å². The fraction of sp³-hybridized carbons (Fsp3) is 0.346. The summed E-state index contributed by atoms with van der Waals surface area (Å²) in [6.45, 7) is 3.19. The first-order chi connectivity index (χ1) is 17.1. The van der Waals surface area contributed by atoms with Crippen molar-refractivity contribution in [2.75, 3.05) is 19.0 Å². The van der Waals surface area contributed by atoms with Crippen molar-refractivity contribution in [1.82, 2.24) is 15.1 Å². The summed E-state index contributed by atoms with van der Waals surface area (Å²) >= 11 is 1.74. The fourth-order valence-corrected chi connectivity index (χ4v) is 4.71. The van der Waals surface area contributed by atoms with Crippen molar-refractivity contribution >= 4 is 29.4 Å². The quantitative estimate of drug-likeness (QED) is 0.384. The number of thioether (sulfide) groups is 1. The smallest absolute Gasteiger partial charge is 0.256 e. The molecule has 0 radical (unpaired) electrons. The maximum Gasteiger partial charge on any atom is 0.256 e. The Kier molecular flexibility index (Phi) is 8.31. The summed E-state index contributed by atoms with van der Waals surface area (Å²) in [4.78, 5) is 25.6. The molecule has 0 spiro atoms. The van der Waals surface area contributed by atoms with Crippen LogP contribution in [0.15, 0.2) is 48.5 Å². The number of ether oxygens (including phenoxy) is 2. The van der Waals surface area contributed by atoms with Gasteiger partial charge >= 0.3 is 0 Å². The minimum absolute atomic E-state index is 0.0215. The molecule has 2 aromatic carbocycles. The number of benzene rings is 2. The molecule has 0 bridgehead atoms. The van der Waals surface area contributed by atoms with Crippen LogP contribution in [0.1, 0.15) is 46.9 Å². The van der Waals surface area contributed by atoms with E-state index in [2.05, 4.69) is 22.7 Å². The van der Waals surface area contributed by atoms with Crippen LogP contribution in [0, 0.1) is 0 Å². The van der Waals surface area contributed by atoms with Gasteiger partial charge in [0.2, 0.25) is 5.91 Å². The van der Waals surface area contributed by atoms with Crippen LogP contribution >= 0.6 is 11.8 Å². The second-order valence-corrected chi connectivity index (χ2v) is 9.22.